The molecule has 3 aliphatic rings. The van der Waals surface area contributed by atoms with Gasteiger partial charge in [0.05, 0.1) is 5.60 Å². The molecule has 0 heterocycles. The van der Waals surface area contributed by atoms with Crippen LogP contribution < -0.4 is 0 Å². The largest absolute Gasteiger partial charge is 0.508 e. The molecule has 0 saturated heterocycles. The van der Waals surface area contributed by atoms with Gasteiger partial charge in [-0.3, -0.25) is 0 Å². The van der Waals surface area contributed by atoms with Gasteiger partial charge < -0.3 is 10.2 Å². The molecule has 0 radical (unpaired) electrons. The van der Waals surface area contributed by atoms with Gasteiger partial charge in [-0.2, -0.15) is 0 Å². The van der Waals surface area contributed by atoms with Crippen molar-refractivity contribution in [3.63, 3.8) is 0 Å². The molecule has 4 rings (SSSR count). The molecule has 0 bridgehead atoms. The van der Waals surface area contributed by atoms with Gasteiger partial charge in [-0.15, -0.1) is 0 Å². The summed E-state index contributed by atoms with van der Waals surface area (Å²) in [7, 11) is 0. The van der Waals surface area contributed by atoms with Crippen LogP contribution in [0.15, 0.2) is 18.2 Å². The van der Waals surface area contributed by atoms with E-state index in [1.165, 1.54) is 30.4 Å². The number of hydrogen-bond acceptors (Lipinski definition) is 2. The van der Waals surface area contributed by atoms with Crippen molar-refractivity contribution in [3.05, 3.63) is 29.3 Å². The maximum Gasteiger partial charge on any atom is 0.115 e. The fourth-order valence-electron chi connectivity index (χ4n) is 6.57. The molecule has 3 aliphatic carbocycles. The SMILES string of the molecule is CC(C)[C@@]1(O)CC[C@H]2[C@H]3CCc4cc(O)ccc4[C@@H]3CC[C@@]21C. The smallest absolute Gasteiger partial charge is 0.115 e. The predicted octanol–water partition coefficient (Wildman–Crippen LogP) is 4.64. The van der Waals surface area contributed by atoms with Crippen LogP contribution in [0.2, 0.25) is 0 Å². The average Bonchev–Trinajstić information content (AvgIpc) is 2.80. The van der Waals surface area contributed by atoms with Crippen molar-refractivity contribution in [1.82, 2.24) is 0 Å². The maximum absolute atomic E-state index is 11.4. The molecule has 0 unspecified atom stereocenters. The molecule has 1 aromatic carbocycles. The maximum atomic E-state index is 11.4. The highest BCUT2D eigenvalue weighted by molar-refractivity contribution is 5.40. The molecule has 23 heavy (non-hydrogen) atoms. The summed E-state index contributed by atoms with van der Waals surface area (Å²) in [6.45, 7) is 6.75. The van der Waals surface area contributed by atoms with Crippen molar-refractivity contribution in [2.75, 3.05) is 0 Å². The molecule has 2 nitrogen and oxygen atoms in total. The monoisotopic (exact) mass is 314 g/mol. The lowest BCUT2D eigenvalue weighted by molar-refractivity contribution is -0.129. The van der Waals surface area contributed by atoms with Crippen LogP contribution >= 0.6 is 0 Å². The number of phenolic OH excluding ortho intramolecular Hbond substituents is 1. The average molecular weight is 314 g/mol. The third kappa shape index (κ3) is 1.97. The normalized spacial score (nSPS) is 42.2. The summed E-state index contributed by atoms with van der Waals surface area (Å²) < 4.78 is 0. The molecule has 0 aromatic heterocycles. The number of aromatic hydroxyl groups is 1. The van der Waals surface area contributed by atoms with E-state index in [0.717, 1.165) is 19.3 Å². The second-order valence-corrected chi connectivity index (χ2v) is 8.87. The first-order chi connectivity index (χ1) is 10.9. The summed E-state index contributed by atoms with van der Waals surface area (Å²) in [5, 5.41) is 21.2. The van der Waals surface area contributed by atoms with Crippen molar-refractivity contribution < 1.29 is 10.2 Å². The Hall–Kier alpha value is -1.02. The fourth-order valence-corrected chi connectivity index (χ4v) is 6.57. The summed E-state index contributed by atoms with van der Waals surface area (Å²) in [6, 6.07) is 5.99. The standard InChI is InChI=1S/C21H30O2/c1-13(2)21(23)11-9-19-18-6-4-14-12-15(22)5-7-16(14)17(18)8-10-20(19,21)3/h5,7,12-13,17-19,22-23H,4,6,8-11H2,1-3H3/t17-,18-,19-,20-,21-/m0/s1. The quantitative estimate of drug-likeness (QED) is 0.793. The lowest BCUT2D eigenvalue weighted by Gasteiger charge is -2.54. The molecule has 5 atom stereocenters. The molecule has 126 valence electrons. The minimum absolute atomic E-state index is 0.0801. The third-order valence-corrected chi connectivity index (χ3v) is 7.88. The van der Waals surface area contributed by atoms with Crippen molar-refractivity contribution in [2.45, 2.75) is 70.8 Å². The number of fused-ring (bicyclic) bond motifs is 5. The highest BCUT2D eigenvalue weighted by Gasteiger charge is 2.62. The summed E-state index contributed by atoms with van der Waals surface area (Å²) in [5.41, 5.74) is 2.42. The van der Waals surface area contributed by atoms with Crippen molar-refractivity contribution in [2.24, 2.45) is 23.2 Å². The summed E-state index contributed by atoms with van der Waals surface area (Å²) in [6.07, 6.45) is 6.77. The van der Waals surface area contributed by atoms with E-state index < -0.39 is 5.60 Å². The van der Waals surface area contributed by atoms with Gasteiger partial charge in [0.2, 0.25) is 0 Å². The summed E-state index contributed by atoms with van der Waals surface area (Å²) in [4.78, 5) is 0. The zero-order valence-corrected chi connectivity index (χ0v) is 14.7. The highest BCUT2D eigenvalue weighted by atomic mass is 16.3. The molecule has 2 heteroatoms. The van der Waals surface area contributed by atoms with Crippen LogP contribution in [-0.4, -0.2) is 15.8 Å². The highest BCUT2D eigenvalue weighted by Crippen LogP contribution is 2.65. The van der Waals surface area contributed by atoms with Crippen LogP contribution in [0.5, 0.6) is 5.75 Å². The summed E-state index contributed by atoms with van der Waals surface area (Å²) >= 11 is 0. The zero-order valence-electron chi connectivity index (χ0n) is 14.7. The first-order valence-corrected chi connectivity index (χ1v) is 9.41. The van der Waals surface area contributed by atoms with Crippen molar-refractivity contribution >= 4 is 0 Å². The minimum Gasteiger partial charge on any atom is -0.508 e. The Kier molecular flexibility index (Phi) is 3.36. The number of benzene rings is 1. The lowest BCUT2D eigenvalue weighted by atomic mass is 9.52. The van der Waals surface area contributed by atoms with Crippen LogP contribution in [0.3, 0.4) is 0 Å². The second-order valence-electron chi connectivity index (χ2n) is 8.87. The lowest BCUT2D eigenvalue weighted by Crippen LogP contribution is -2.53. The third-order valence-electron chi connectivity index (χ3n) is 7.88. The van der Waals surface area contributed by atoms with Gasteiger partial charge in [0.25, 0.3) is 0 Å². The minimum atomic E-state index is -0.488. The number of aliphatic hydroxyl groups is 1. The van der Waals surface area contributed by atoms with E-state index in [-0.39, 0.29) is 5.41 Å². The molecule has 0 spiro atoms. The number of aryl methyl sites for hydroxylation is 1. The van der Waals surface area contributed by atoms with Crippen LogP contribution in [0.1, 0.15) is 69.9 Å². The van der Waals surface area contributed by atoms with Gasteiger partial charge in [-0.25, -0.2) is 0 Å². The molecular weight excluding hydrogens is 284 g/mol. The van der Waals surface area contributed by atoms with Crippen molar-refractivity contribution in [3.8, 4) is 5.75 Å². The van der Waals surface area contributed by atoms with Gasteiger partial charge in [0.1, 0.15) is 5.75 Å². The van der Waals surface area contributed by atoms with E-state index in [1.54, 1.807) is 0 Å². The Morgan fingerprint density at radius 1 is 1.13 bits per heavy atom. The van der Waals surface area contributed by atoms with Crippen LogP contribution in [0.4, 0.5) is 0 Å². The number of phenols is 1. The first-order valence-electron chi connectivity index (χ1n) is 9.41. The van der Waals surface area contributed by atoms with E-state index in [1.807, 2.05) is 12.1 Å². The first kappa shape index (κ1) is 15.5. The topological polar surface area (TPSA) is 40.5 Å². The number of hydrogen-bond donors (Lipinski definition) is 2. The van der Waals surface area contributed by atoms with Gasteiger partial charge >= 0.3 is 0 Å². The molecule has 0 aliphatic heterocycles. The van der Waals surface area contributed by atoms with Gasteiger partial charge in [0.15, 0.2) is 0 Å². The molecule has 2 N–H and O–H groups in total. The summed E-state index contributed by atoms with van der Waals surface area (Å²) in [5.74, 6) is 2.72. The zero-order chi connectivity index (χ0) is 16.4. The molecule has 2 saturated carbocycles. The fraction of sp³-hybridized carbons (Fsp3) is 0.714. The Morgan fingerprint density at radius 2 is 1.91 bits per heavy atom. The Bertz CT molecular complexity index is 622. The molecule has 2 fully saturated rings. The Balaban J connectivity index is 1.70. The molecule has 0 amide bonds. The van der Waals surface area contributed by atoms with Gasteiger partial charge in [-0.1, -0.05) is 26.8 Å². The van der Waals surface area contributed by atoms with Gasteiger partial charge in [0, 0.05) is 0 Å². The van der Waals surface area contributed by atoms with E-state index >= 15 is 0 Å². The molecular formula is C21H30O2. The van der Waals surface area contributed by atoms with E-state index in [2.05, 4.69) is 26.8 Å². The van der Waals surface area contributed by atoms with Crippen LogP contribution in [-0.2, 0) is 6.42 Å². The van der Waals surface area contributed by atoms with E-state index in [0.29, 0.717) is 29.4 Å². The Morgan fingerprint density at radius 3 is 2.65 bits per heavy atom. The van der Waals surface area contributed by atoms with Crippen LogP contribution in [0.25, 0.3) is 0 Å². The second kappa shape index (κ2) is 4.99. The predicted molar refractivity (Wildman–Crippen MR) is 92.5 cm³/mol. The van der Waals surface area contributed by atoms with E-state index in [4.69, 9.17) is 0 Å². The molecule has 1 aromatic rings. The Labute approximate surface area is 139 Å². The van der Waals surface area contributed by atoms with Crippen molar-refractivity contribution in [1.29, 1.82) is 0 Å². The van der Waals surface area contributed by atoms with E-state index in [9.17, 15) is 10.2 Å². The van der Waals surface area contributed by atoms with Gasteiger partial charge in [-0.05, 0) is 90.9 Å². The number of rotatable bonds is 1. The van der Waals surface area contributed by atoms with Crippen LogP contribution in [0, 0.1) is 23.2 Å².